The second-order valence-corrected chi connectivity index (χ2v) is 10.3. The number of carbonyl (C=O) groups excluding carboxylic acids is 1. The normalized spacial score (nSPS) is 16.9. The van der Waals surface area contributed by atoms with Gasteiger partial charge in [0, 0.05) is 44.8 Å². The minimum Gasteiger partial charge on any atom is -0.347 e. The molecule has 1 amide bonds. The molecule has 1 unspecified atom stereocenters. The van der Waals surface area contributed by atoms with Crippen LogP contribution in [0, 0.1) is 0 Å². The predicted molar refractivity (Wildman–Crippen MR) is 123 cm³/mol. The number of sulfonamides is 1. The lowest BCUT2D eigenvalue weighted by atomic mass is 10.1. The zero-order chi connectivity index (χ0) is 22.4. The van der Waals surface area contributed by atoms with E-state index in [-0.39, 0.29) is 23.4 Å². The summed E-state index contributed by atoms with van der Waals surface area (Å²) in [5, 5.41) is 3.49. The van der Waals surface area contributed by atoms with Crippen LogP contribution in [0.5, 0.6) is 0 Å². The van der Waals surface area contributed by atoms with Gasteiger partial charge in [-0.3, -0.25) is 9.69 Å². The predicted octanol–water partition coefficient (Wildman–Crippen LogP) is 2.07. The van der Waals surface area contributed by atoms with E-state index in [9.17, 15) is 13.2 Å². The molecule has 0 saturated carbocycles. The summed E-state index contributed by atoms with van der Waals surface area (Å²) >= 11 is 5.85. The Bertz CT molecular complexity index is 962. The molecule has 0 radical (unpaired) electrons. The van der Waals surface area contributed by atoms with Crippen LogP contribution in [0.3, 0.4) is 0 Å². The van der Waals surface area contributed by atoms with Crippen LogP contribution >= 0.6 is 11.6 Å². The maximum atomic E-state index is 12.8. The molecular weight excluding hydrogens is 436 g/mol. The molecule has 168 valence electrons. The summed E-state index contributed by atoms with van der Waals surface area (Å²) < 4.78 is 26.6. The summed E-state index contributed by atoms with van der Waals surface area (Å²) in [5.41, 5.74) is 0.998. The van der Waals surface area contributed by atoms with Gasteiger partial charge >= 0.3 is 0 Å². The van der Waals surface area contributed by atoms with Gasteiger partial charge < -0.3 is 10.2 Å². The Kier molecular flexibility index (Phi) is 8.07. The Labute approximate surface area is 189 Å². The van der Waals surface area contributed by atoms with E-state index < -0.39 is 10.0 Å². The number of nitrogens with one attached hydrogen (secondary N) is 1. The average molecular weight is 465 g/mol. The van der Waals surface area contributed by atoms with Gasteiger partial charge in [0.25, 0.3) is 0 Å². The van der Waals surface area contributed by atoms with Crippen molar-refractivity contribution in [3.8, 4) is 0 Å². The summed E-state index contributed by atoms with van der Waals surface area (Å²) in [6, 6.07) is 15.5. The van der Waals surface area contributed by atoms with Gasteiger partial charge in [-0.2, -0.15) is 4.31 Å². The SMILES string of the molecule is CN1CCN(CC(NC(=O)CN(C)S(=O)(=O)c2ccc(Cl)cc2)c2ccccc2)CC1. The van der Waals surface area contributed by atoms with E-state index in [1.807, 2.05) is 30.3 Å². The van der Waals surface area contributed by atoms with Crippen molar-refractivity contribution >= 4 is 27.5 Å². The van der Waals surface area contributed by atoms with E-state index in [2.05, 4.69) is 22.2 Å². The van der Waals surface area contributed by atoms with E-state index in [0.29, 0.717) is 11.6 Å². The third-order valence-electron chi connectivity index (χ3n) is 5.46. The zero-order valence-electron chi connectivity index (χ0n) is 17.9. The van der Waals surface area contributed by atoms with Crippen molar-refractivity contribution in [1.82, 2.24) is 19.4 Å². The highest BCUT2D eigenvalue weighted by Gasteiger charge is 2.25. The highest BCUT2D eigenvalue weighted by Crippen LogP contribution is 2.18. The highest BCUT2D eigenvalue weighted by atomic mass is 35.5. The maximum absolute atomic E-state index is 12.8. The third kappa shape index (κ3) is 6.51. The topological polar surface area (TPSA) is 73.0 Å². The number of nitrogens with zero attached hydrogens (tertiary/aromatic N) is 3. The smallest absolute Gasteiger partial charge is 0.243 e. The maximum Gasteiger partial charge on any atom is 0.243 e. The van der Waals surface area contributed by atoms with Crippen LogP contribution in [0.1, 0.15) is 11.6 Å². The van der Waals surface area contributed by atoms with Crippen LogP contribution in [0.4, 0.5) is 0 Å². The molecule has 3 rings (SSSR count). The first-order valence-electron chi connectivity index (χ1n) is 10.2. The largest absolute Gasteiger partial charge is 0.347 e. The molecule has 0 bridgehead atoms. The van der Waals surface area contributed by atoms with Crippen molar-refractivity contribution in [3.05, 3.63) is 65.2 Å². The second kappa shape index (κ2) is 10.6. The molecule has 2 aromatic rings. The molecule has 1 atom stereocenters. The van der Waals surface area contributed by atoms with Gasteiger partial charge in [0.1, 0.15) is 0 Å². The standard InChI is InChI=1S/C22H29ClN4O3S/c1-25-12-14-27(15-13-25)16-21(18-6-4-3-5-7-18)24-22(28)17-26(2)31(29,30)20-10-8-19(23)9-11-20/h3-11,21H,12-17H2,1-2H3,(H,24,28). The van der Waals surface area contributed by atoms with Gasteiger partial charge in [0.2, 0.25) is 15.9 Å². The van der Waals surface area contributed by atoms with Crippen molar-refractivity contribution < 1.29 is 13.2 Å². The van der Waals surface area contributed by atoms with E-state index in [1.165, 1.54) is 31.3 Å². The van der Waals surface area contributed by atoms with E-state index in [1.54, 1.807) is 0 Å². The van der Waals surface area contributed by atoms with Crippen LogP contribution in [-0.2, 0) is 14.8 Å². The Hall–Kier alpha value is -1.97. The van der Waals surface area contributed by atoms with E-state index in [4.69, 9.17) is 11.6 Å². The molecule has 1 aliphatic rings. The summed E-state index contributed by atoms with van der Waals surface area (Å²) in [6.07, 6.45) is 0. The molecule has 1 heterocycles. The van der Waals surface area contributed by atoms with Gasteiger partial charge in [0.05, 0.1) is 17.5 Å². The van der Waals surface area contributed by atoms with Crippen LogP contribution in [0.15, 0.2) is 59.5 Å². The lowest BCUT2D eigenvalue weighted by molar-refractivity contribution is -0.122. The summed E-state index contributed by atoms with van der Waals surface area (Å²) in [5.74, 6) is -0.344. The molecule has 1 fully saturated rings. The van der Waals surface area contributed by atoms with Crippen LogP contribution in [0.25, 0.3) is 0 Å². The van der Waals surface area contributed by atoms with Gasteiger partial charge in [-0.1, -0.05) is 41.9 Å². The molecule has 31 heavy (non-hydrogen) atoms. The fourth-order valence-corrected chi connectivity index (χ4v) is 4.78. The number of likely N-dealkylation sites (N-methyl/N-ethyl adjacent to an activating group) is 2. The van der Waals surface area contributed by atoms with Gasteiger partial charge in [0.15, 0.2) is 0 Å². The number of halogens is 1. The van der Waals surface area contributed by atoms with Gasteiger partial charge in [-0.05, 0) is 36.9 Å². The van der Waals surface area contributed by atoms with Crippen molar-refractivity contribution in [1.29, 1.82) is 0 Å². The molecule has 1 aliphatic heterocycles. The lowest BCUT2D eigenvalue weighted by Crippen LogP contribution is -2.48. The summed E-state index contributed by atoms with van der Waals surface area (Å²) in [4.78, 5) is 17.5. The number of hydrogen-bond acceptors (Lipinski definition) is 5. The monoisotopic (exact) mass is 464 g/mol. The molecule has 0 aromatic heterocycles. The second-order valence-electron chi connectivity index (χ2n) is 7.85. The quantitative estimate of drug-likeness (QED) is 0.647. The molecule has 7 nitrogen and oxygen atoms in total. The van der Waals surface area contributed by atoms with Crippen LogP contribution in [-0.4, -0.2) is 81.8 Å². The summed E-state index contributed by atoms with van der Waals surface area (Å²) in [7, 11) is -0.280. The first kappa shape index (κ1) is 23.7. The first-order valence-corrected chi connectivity index (χ1v) is 12.0. The zero-order valence-corrected chi connectivity index (χ0v) is 19.4. The minimum absolute atomic E-state index is 0.101. The Balaban J connectivity index is 1.67. The number of piperazine rings is 1. The van der Waals surface area contributed by atoms with E-state index >= 15 is 0 Å². The Morgan fingerprint density at radius 2 is 1.68 bits per heavy atom. The van der Waals surface area contributed by atoms with Crippen LogP contribution < -0.4 is 5.32 Å². The van der Waals surface area contributed by atoms with E-state index in [0.717, 1.165) is 36.0 Å². The number of benzene rings is 2. The van der Waals surface area contributed by atoms with Crippen molar-refractivity contribution in [3.63, 3.8) is 0 Å². The van der Waals surface area contributed by atoms with Gasteiger partial charge in [-0.15, -0.1) is 0 Å². The molecule has 1 N–H and O–H groups in total. The number of carbonyl (C=O) groups is 1. The minimum atomic E-state index is -3.79. The Morgan fingerprint density at radius 3 is 2.29 bits per heavy atom. The van der Waals surface area contributed by atoms with Crippen molar-refractivity contribution in [2.24, 2.45) is 0 Å². The molecule has 0 spiro atoms. The summed E-state index contributed by atoms with van der Waals surface area (Å²) in [6.45, 7) is 4.24. The molecule has 1 saturated heterocycles. The fourth-order valence-electron chi connectivity index (χ4n) is 3.52. The average Bonchev–Trinajstić information content (AvgIpc) is 2.75. The highest BCUT2D eigenvalue weighted by molar-refractivity contribution is 7.89. The Morgan fingerprint density at radius 1 is 1.06 bits per heavy atom. The number of hydrogen-bond donors (Lipinski definition) is 1. The lowest BCUT2D eigenvalue weighted by Gasteiger charge is -2.35. The number of amides is 1. The fraction of sp³-hybridized carbons (Fsp3) is 0.409. The van der Waals surface area contributed by atoms with Crippen LogP contribution in [0.2, 0.25) is 5.02 Å². The molecule has 0 aliphatic carbocycles. The first-order chi connectivity index (χ1) is 14.8. The van der Waals surface area contributed by atoms with Gasteiger partial charge in [-0.25, -0.2) is 8.42 Å². The van der Waals surface area contributed by atoms with Crippen molar-refractivity contribution in [2.75, 3.05) is 53.4 Å². The molecular formula is C22H29ClN4O3S. The molecule has 2 aromatic carbocycles. The molecule has 9 heteroatoms. The number of rotatable bonds is 8. The van der Waals surface area contributed by atoms with Crippen molar-refractivity contribution in [2.45, 2.75) is 10.9 Å². The third-order valence-corrected chi connectivity index (χ3v) is 7.53.